The summed E-state index contributed by atoms with van der Waals surface area (Å²) in [5.74, 6) is -0.321. The number of carbonyl (C=O) groups is 1. The normalized spacial score (nSPS) is 12.6. The Labute approximate surface area is 99.4 Å². The number of hydrogen-bond donors (Lipinski definition) is 2. The maximum Gasteiger partial charge on any atom is 0.217 e. The maximum absolute atomic E-state index is 10.5. The van der Waals surface area contributed by atoms with Gasteiger partial charge in [-0.05, 0) is 12.8 Å². The highest BCUT2D eigenvalue weighted by Gasteiger charge is 2.05. The molecular weight excluding hydrogens is 202 g/mol. The molecule has 1 atom stereocenters. The average Bonchev–Trinajstić information content (AvgIpc) is 2.25. The van der Waals surface area contributed by atoms with E-state index in [1.165, 1.54) is 38.5 Å². The van der Waals surface area contributed by atoms with E-state index in [0.717, 1.165) is 12.8 Å². The van der Waals surface area contributed by atoms with E-state index in [-0.39, 0.29) is 12.0 Å². The van der Waals surface area contributed by atoms with Crippen molar-refractivity contribution >= 4 is 5.91 Å². The van der Waals surface area contributed by atoms with Gasteiger partial charge in [-0.25, -0.2) is 0 Å². The molecule has 0 bridgehead atoms. The monoisotopic (exact) mass is 229 g/mol. The first-order valence-corrected chi connectivity index (χ1v) is 6.63. The highest BCUT2D eigenvalue weighted by atomic mass is 16.3. The van der Waals surface area contributed by atoms with Crippen LogP contribution in [0, 0.1) is 0 Å². The second-order valence-corrected chi connectivity index (χ2v) is 4.57. The molecule has 0 aromatic carbocycles. The Kier molecular flexibility index (Phi) is 10.5. The average molecular weight is 229 g/mol. The van der Waals surface area contributed by atoms with Crippen LogP contribution in [0.1, 0.15) is 71.1 Å². The summed E-state index contributed by atoms with van der Waals surface area (Å²) in [6, 6.07) is 0. The summed E-state index contributed by atoms with van der Waals surface area (Å²) in [6.07, 6.45) is 10.1. The topological polar surface area (TPSA) is 63.3 Å². The number of carbonyl (C=O) groups excluding carboxylic acids is 1. The van der Waals surface area contributed by atoms with Crippen molar-refractivity contribution in [1.82, 2.24) is 0 Å². The second kappa shape index (κ2) is 10.9. The Morgan fingerprint density at radius 2 is 1.62 bits per heavy atom. The van der Waals surface area contributed by atoms with E-state index in [1.54, 1.807) is 0 Å². The summed E-state index contributed by atoms with van der Waals surface area (Å²) in [4.78, 5) is 10.5. The molecule has 0 saturated carbocycles. The molecule has 0 rings (SSSR count). The minimum atomic E-state index is -0.344. The summed E-state index contributed by atoms with van der Waals surface area (Å²) >= 11 is 0. The molecule has 0 aliphatic heterocycles. The molecule has 3 N–H and O–H groups in total. The smallest absolute Gasteiger partial charge is 0.217 e. The number of amides is 1. The van der Waals surface area contributed by atoms with E-state index in [1.807, 2.05) is 0 Å². The van der Waals surface area contributed by atoms with Gasteiger partial charge in [0.15, 0.2) is 0 Å². The highest BCUT2D eigenvalue weighted by Crippen LogP contribution is 2.11. The highest BCUT2D eigenvalue weighted by molar-refractivity contribution is 5.73. The third-order valence-electron chi connectivity index (χ3n) is 2.86. The second-order valence-electron chi connectivity index (χ2n) is 4.57. The molecule has 0 radical (unpaired) electrons. The SMILES string of the molecule is CCCCCCCCCC(O)CCC(N)=O. The van der Waals surface area contributed by atoms with Crippen molar-refractivity contribution in [1.29, 1.82) is 0 Å². The summed E-state index contributed by atoms with van der Waals surface area (Å²) < 4.78 is 0. The fourth-order valence-electron chi connectivity index (χ4n) is 1.79. The lowest BCUT2D eigenvalue weighted by Gasteiger charge is -2.08. The molecule has 3 nitrogen and oxygen atoms in total. The van der Waals surface area contributed by atoms with Crippen LogP contribution in [0.5, 0.6) is 0 Å². The van der Waals surface area contributed by atoms with Gasteiger partial charge < -0.3 is 10.8 Å². The molecular formula is C13H27NO2. The quantitative estimate of drug-likeness (QED) is 0.535. The number of hydrogen-bond acceptors (Lipinski definition) is 2. The van der Waals surface area contributed by atoms with Gasteiger partial charge in [0.2, 0.25) is 5.91 Å². The number of nitrogens with two attached hydrogens (primary N) is 1. The van der Waals surface area contributed by atoms with Gasteiger partial charge in [0.1, 0.15) is 0 Å². The first kappa shape index (κ1) is 15.4. The van der Waals surface area contributed by atoms with E-state index >= 15 is 0 Å². The van der Waals surface area contributed by atoms with Crippen molar-refractivity contribution in [3.8, 4) is 0 Å². The van der Waals surface area contributed by atoms with E-state index in [4.69, 9.17) is 5.73 Å². The molecule has 0 aliphatic carbocycles. The van der Waals surface area contributed by atoms with E-state index in [2.05, 4.69) is 6.92 Å². The summed E-state index contributed by atoms with van der Waals surface area (Å²) in [5, 5.41) is 9.53. The maximum atomic E-state index is 10.5. The summed E-state index contributed by atoms with van der Waals surface area (Å²) in [7, 11) is 0. The lowest BCUT2D eigenvalue weighted by Crippen LogP contribution is -2.15. The zero-order valence-electron chi connectivity index (χ0n) is 10.6. The molecule has 0 fully saturated rings. The largest absolute Gasteiger partial charge is 0.393 e. The van der Waals surface area contributed by atoms with Crippen LogP contribution in [-0.2, 0) is 4.79 Å². The van der Waals surface area contributed by atoms with Gasteiger partial charge in [-0.3, -0.25) is 4.79 Å². The van der Waals surface area contributed by atoms with Gasteiger partial charge in [-0.2, -0.15) is 0 Å². The lowest BCUT2D eigenvalue weighted by molar-refractivity contribution is -0.118. The van der Waals surface area contributed by atoms with Crippen molar-refractivity contribution in [3.63, 3.8) is 0 Å². The fraction of sp³-hybridized carbons (Fsp3) is 0.923. The molecule has 96 valence electrons. The summed E-state index contributed by atoms with van der Waals surface area (Å²) in [6.45, 7) is 2.22. The lowest BCUT2D eigenvalue weighted by atomic mass is 10.0. The van der Waals surface area contributed by atoms with Crippen LogP contribution in [0.25, 0.3) is 0 Å². The first-order chi connectivity index (χ1) is 7.66. The number of primary amides is 1. The Balaban J connectivity index is 3.15. The zero-order chi connectivity index (χ0) is 12.2. The molecule has 0 spiro atoms. The Bertz CT molecular complexity index is 171. The van der Waals surface area contributed by atoms with E-state index < -0.39 is 0 Å². The molecule has 0 aromatic rings. The Hall–Kier alpha value is -0.570. The van der Waals surface area contributed by atoms with Crippen molar-refractivity contribution in [3.05, 3.63) is 0 Å². The molecule has 1 unspecified atom stereocenters. The van der Waals surface area contributed by atoms with Crippen LogP contribution in [0.4, 0.5) is 0 Å². The molecule has 3 heteroatoms. The fourth-order valence-corrected chi connectivity index (χ4v) is 1.79. The third-order valence-corrected chi connectivity index (χ3v) is 2.86. The van der Waals surface area contributed by atoms with Crippen molar-refractivity contribution in [2.75, 3.05) is 0 Å². The predicted molar refractivity (Wildman–Crippen MR) is 67.0 cm³/mol. The van der Waals surface area contributed by atoms with Gasteiger partial charge in [0.05, 0.1) is 6.10 Å². The third kappa shape index (κ3) is 11.5. The van der Waals surface area contributed by atoms with Crippen LogP contribution in [0.3, 0.4) is 0 Å². The van der Waals surface area contributed by atoms with Crippen LogP contribution in [-0.4, -0.2) is 17.1 Å². The molecule has 0 aromatic heterocycles. The van der Waals surface area contributed by atoms with Crippen molar-refractivity contribution in [2.24, 2.45) is 5.73 Å². The van der Waals surface area contributed by atoms with Crippen LogP contribution >= 0.6 is 0 Å². The van der Waals surface area contributed by atoms with Gasteiger partial charge in [-0.1, -0.05) is 51.9 Å². The number of aliphatic hydroxyl groups excluding tert-OH is 1. The Morgan fingerprint density at radius 3 is 2.19 bits per heavy atom. The zero-order valence-corrected chi connectivity index (χ0v) is 10.6. The molecule has 0 saturated heterocycles. The molecule has 0 aliphatic rings. The summed E-state index contributed by atoms with van der Waals surface area (Å²) in [5.41, 5.74) is 5.01. The first-order valence-electron chi connectivity index (χ1n) is 6.63. The van der Waals surface area contributed by atoms with Gasteiger partial charge >= 0.3 is 0 Å². The van der Waals surface area contributed by atoms with Crippen LogP contribution in [0.2, 0.25) is 0 Å². The van der Waals surface area contributed by atoms with Crippen molar-refractivity contribution < 1.29 is 9.90 Å². The van der Waals surface area contributed by atoms with Gasteiger partial charge in [0.25, 0.3) is 0 Å². The van der Waals surface area contributed by atoms with E-state index in [9.17, 15) is 9.90 Å². The number of aliphatic hydroxyl groups is 1. The van der Waals surface area contributed by atoms with Crippen LogP contribution in [0.15, 0.2) is 0 Å². The van der Waals surface area contributed by atoms with Crippen molar-refractivity contribution in [2.45, 2.75) is 77.2 Å². The minimum absolute atomic E-state index is 0.303. The van der Waals surface area contributed by atoms with Crippen LogP contribution < -0.4 is 5.73 Å². The molecule has 1 amide bonds. The minimum Gasteiger partial charge on any atom is -0.393 e. The molecule has 16 heavy (non-hydrogen) atoms. The number of rotatable bonds is 11. The van der Waals surface area contributed by atoms with Gasteiger partial charge in [0, 0.05) is 6.42 Å². The van der Waals surface area contributed by atoms with E-state index in [0.29, 0.717) is 12.8 Å². The number of unbranched alkanes of at least 4 members (excludes halogenated alkanes) is 6. The Morgan fingerprint density at radius 1 is 1.06 bits per heavy atom. The standard InChI is InChI=1S/C13H27NO2/c1-2-3-4-5-6-7-8-9-12(15)10-11-13(14)16/h12,15H,2-11H2,1H3,(H2,14,16). The molecule has 0 heterocycles. The van der Waals surface area contributed by atoms with Gasteiger partial charge in [-0.15, -0.1) is 0 Å². The predicted octanol–water partition coefficient (Wildman–Crippen LogP) is 2.75.